The number of rotatable bonds is 6. The van der Waals surface area contributed by atoms with Crippen molar-refractivity contribution >= 4 is 5.82 Å². The Kier molecular flexibility index (Phi) is 5.65. The van der Waals surface area contributed by atoms with Crippen molar-refractivity contribution < 1.29 is 14.2 Å². The first-order valence-electron chi connectivity index (χ1n) is 7.68. The third-order valence-corrected chi connectivity index (χ3v) is 3.45. The van der Waals surface area contributed by atoms with Crippen molar-refractivity contribution in [2.45, 2.75) is 13.8 Å². The van der Waals surface area contributed by atoms with Crippen molar-refractivity contribution in [2.24, 2.45) is 0 Å². The van der Waals surface area contributed by atoms with E-state index in [9.17, 15) is 10.5 Å². The van der Waals surface area contributed by atoms with Gasteiger partial charge in [-0.05, 0) is 31.5 Å². The number of hydrogen-bond acceptors (Lipinski definition) is 7. The van der Waals surface area contributed by atoms with Crippen LogP contribution in [0.5, 0.6) is 17.4 Å². The third-order valence-electron chi connectivity index (χ3n) is 3.45. The standard InChI is InChI=1S/C18H18N4O3/c1-4-24-14-7-6-11(8-15(14)23-3)16-12(9-19)17(21)22-18(25-5-2)13(16)10-20/h6-8H,4-5H2,1-3H3,(H2,21,22). The van der Waals surface area contributed by atoms with Crippen LogP contribution in [0.1, 0.15) is 25.0 Å². The Morgan fingerprint density at radius 2 is 1.72 bits per heavy atom. The maximum absolute atomic E-state index is 9.59. The zero-order chi connectivity index (χ0) is 18.4. The second-order valence-corrected chi connectivity index (χ2v) is 4.88. The van der Waals surface area contributed by atoms with Gasteiger partial charge in [-0.3, -0.25) is 0 Å². The monoisotopic (exact) mass is 338 g/mol. The molecule has 0 saturated heterocycles. The van der Waals surface area contributed by atoms with Crippen molar-refractivity contribution in [3.8, 4) is 40.6 Å². The van der Waals surface area contributed by atoms with Crippen LogP contribution in [0.2, 0.25) is 0 Å². The van der Waals surface area contributed by atoms with Gasteiger partial charge in [0.25, 0.3) is 0 Å². The Morgan fingerprint density at radius 1 is 1.04 bits per heavy atom. The fraction of sp³-hybridized carbons (Fsp3) is 0.278. The number of ether oxygens (including phenoxy) is 3. The molecule has 0 spiro atoms. The van der Waals surface area contributed by atoms with Gasteiger partial charge in [-0.2, -0.15) is 15.5 Å². The topological polar surface area (TPSA) is 114 Å². The molecule has 128 valence electrons. The van der Waals surface area contributed by atoms with Crippen molar-refractivity contribution in [3.05, 3.63) is 29.3 Å². The Balaban J connectivity index is 2.77. The van der Waals surface area contributed by atoms with E-state index in [-0.39, 0.29) is 22.8 Å². The third kappa shape index (κ3) is 3.41. The molecule has 1 aromatic carbocycles. The Morgan fingerprint density at radius 3 is 2.28 bits per heavy atom. The minimum absolute atomic E-state index is 0.00722. The molecule has 2 N–H and O–H groups in total. The molecule has 0 saturated carbocycles. The molecule has 0 bridgehead atoms. The lowest BCUT2D eigenvalue weighted by molar-refractivity contribution is 0.311. The number of anilines is 1. The van der Waals surface area contributed by atoms with Crippen LogP contribution in [-0.2, 0) is 0 Å². The van der Waals surface area contributed by atoms with Gasteiger partial charge in [0.2, 0.25) is 5.88 Å². The maximum atomic E-state index is 9.59. The summed E-state index contributed by atoms with van der Waals surface area (Å²) in [6.45, 7) is 4.45. The number of nitrogens with two attached hydrogens (primary N) is 1. The number of aromatic nitrogens is 1. The molecule has 1 aromatic heterocycles. The van der Waals surface area contributed by atoms with Crippen LogP contribution in [0.3, 0.4) is 0 Å². The summed E-state index contributed by atoms with van der Waals surface area (Å²) in [6, 6.07) is 9.22. The number of nitrogen functional groups attached to an aromatic ring is 1. The van der Waals surface area contributed by atoms with E-state index in [2.05, 4.69) is 11.1 Å². The van der Waals surface area contributed by atoms with Crippen LogP contribution in [0.15, 0.2) is 18.2 Å². The van der Waals surface area contributed by atoms with Crippen LogP contribution < -0.4 is 19.9 Å². The van der Waals surface area contributed by atoms with Crippen molar-refractivity contribution in [2.75, 3.05) is 26.1 Å². The highest BCUT2D eigenvalue weighted by Gasteiger charge is 2.22. The molecular weight excluding hydrogens is 320 g/mol. The second-order valence-electron chi connectivity index (χ2n) is 4.88. The summed E-state index contributed by atoms with van der Waals surface area (Å²) < 4.78 is 16.3. The van der Waals surface area contributed by atoms with E-state index in [1.807, 2.05) is 13.0 Å². The molecule has 2 aromatic rings. The maximum Gasteiger partial charge on any atom is 0.234 e. The molecule has 0 amide bonds. The molecule has 1 heterocycles. The van der Waals surface area contributed by atoms with Gasteiger partial charge >= 0.3 is 0 Å². The molecule has 0 aliphatic rings. The molecular formula is C18H18N4O3. The summed E-state index contributed by atoms with van der Waals surface area (Å²) in [5.41, 5.74) is 7.11. The summed E-state index contributed by atoms with van der Waals surface area (Å²) in [7, 11) is 1.52. The number of nitrogens with zero attached hydrogens (tertiary/aromatic N) is 3. The van der Waals surface area contributed by atoms with Gasteiger partial charge in [-0.15, -0.1) is 0 Å². The van der Waals surface area contributed by atoms with Crippen LogP contribution >= 0.6 is 0 Å². The van der Waals surface area contributed by atoms with Crippen LogP contribution in [-0.4, -0.2) is 25.3 Å². The lowest BCUT2D eigenvalue weighted by atomic mass is 9.96. The largest absolute Gasteiger partial charge is 0.493 e. The summed E-state index contributed by atoms with van der Waals surface area (Å²) in [6.07, 6.45) is 0. The van der Waals surface area contributed by atoms with Crippen LogP contribution in [0, 0.1) is 22.7 Å². The van der Waals surface area contributed by atoms with Crippen molar-refractivity contribution in [1.82, 2.24) is 4.98 Å². The fourth-order valence-corrected chi connectivity index (χ4v) is 2.43. The lowest BCUT2D eigenvalue weighted by Gasteiger charge is -2.15. The van der Waals surface area contributed by atoms with Crippen molar-refractivity contribution in [3.63, 3.8) is 0 Å². The minimum atomic E-state index is 0.00722. The number of nitriles is 2. The van der Waals surface area contributed by atoms with Gasteiger partial charge in [-0.25, -0.2) is 0 Å². The van der Waals surface area contributed by atoms with Gasteiger partial charge in [0.05, 0.1) is 20.3 Å². The van der Waals surface area contributed by atoms with E-state index in [1.54, 1.807) is 25.1 Å². The molecule has 0 aliphatic heterocycles. The molecule has 7 heteroatoms. The summed E-state index contributed by atoms with van der Waals surface area (Å²) in [4.78, 5) is 4.03. The summed E-state index contributed by atoms with van der Waals surface area (Å²) in [5.74, 6) is 1.16. The Labute approximate surface area is 146 Å². The van der Waals surface area contributed by atoms with Gasteiger partial charge in [0.15, 0.2) is 11.5 Å². The predicted molar refractivity (Wildman–Crippen MR) is 92.4 cm³/mol. The molecule has 0 radical (unpaired) electrons. The predicted octanol–water partition coefficient (Wildman–Crippen LogP) is 2.88. The molecule has 0 unspecified atom stereocenters. The number of hydrogen-bond donors (Lipinski definition) is 1. The normalized spacial score (nSPS) is 9.80. The zero-order valence-corrected chi connectivity index (χ0v) is 14.3. The second kappa shape index (κ2) is 7.89. The zero-order valence-electron chi connectivity index (χ0n) is 14.3. The van der Waals surface area contributed by atoms with Gasteiger partial charge < -0.3 is 19.9 Å². The number of benzene rings is 1. The molecule has 0 aliphatic carbocycles. The van der Waals surface area contributed by atoms with E-state index in [4.69, 9.17) is 19.9 Å². The van der Waals surface area contributed by atoms with E-state index < -0.39 is 0 Å². The average Bonchev–Trinajstić information content (AvgIpc) is 2.62. The molecule has 0 atom stereocenters. The Bertz CT molecular complexity index is 866. The van der Waals surface area contributed by atoms with Crippen molar-refractivity contribution in [1.29, 1.82) is 10.5 Å². The molecule has 0 fully saturated rings. The van der Waals surface area contributed by atoms with Gasteiger partial charge in [0.1, 0.15) is 29.1 Å². The van der Waals surface area contributed by atoms with Crippen LogP contribution in [0.4, 0.5) is 5.82 Å². The lowest BCUT2D eigenvalue weighted by Crippen LogP contribution is -2.06. The first kappa shape index (κ1) is 17.9. The SMILES string of the molecule is CCOc1ccc(-c2c(C#N)c(N)nc(OCC)c2C#N)cc1OC. The average molecular weight is 338 g/mol. The first-order valence-corrected chi connectivity index (χ1v) is 7.68. The molecule has 7 nitrogen and oxygen atoms in total. The minimum Gasteiger partial charge on any atom is -0.493 e. The van der Waals surface area contributed by atoms with Crippen LogP contribution in [0.25, 0.3) is 11.1 Å². The highest BCUT2D eigenvalue weighted by atomic mass is 16.5. The Hall–Kier alpha value is -3.45. The van der Waals surface area contributed by atoms with E-state index in [0.717, 1.165) is 0 Å². The highest BCUT2D eigenvalue weighted by molar-refractivity contribution is 5.83. The molecule has 2 rings (SSSR count). The number of methoxy groups -OCH3 is 1. The van der Waals surface area contributed by atoms with E-state index in [0.29, 0.717) is 35.8 Å². The van der Waals surface area contributed by atoms with E-state index in [1.165, 1.54) is 7.11 Å². The number of pyridine rings is 1. The smallest absolute Gasteiger partial charge is 0.234 e. The molecule has 25 heavy (non-hydrogen) atoms. The summed E-state index contributed by atoms with van der Waals surface area (Å²) in [5, 5.41) is 19.1. The highest BCUT2D eigenvalue weighted by Crippen LogP contribution is 2.39. The fourth-order valence-electron chi connectivity index (χ4n) is 2.43. The first-order chi connectivity index (χ1) is 12.1. The van der Waals surface area contributed by atoms with E-state index >= 15 is 0 Å². The van der Waals surface area contributed by atoms with Gasteiger partial charge in [-0.1, -0.05) is 6.07 Å². The van der Waals surface area contributed by atoms with Gasteiger partial charge in [0, 0.05) is 5.56 Å². The summed E-state index contributed by atoms with van der Waals surface area (Å²) >= 11 is 0. The quantitative estimate of drug-likeness (QED) is 0.861.